The molecule has 0 radical (unpaired) electrons. The van der Waals surface area contributed by atoms with E-state index in [1.807, 2.05) is 6.92 Å². The Bertz CT molecular complexity index is 768. The molecule has 0 spiro atoms. The van der Waals surface area contributed by atoms with Crippen LogP contribution < -0.4 is 11.2 Å². The minimum atomic E-state index is -0.714. The lowest BCUT2D eigenvalue weighted by Crippen LogP contribution is -2.36. The molecule has 0 bridgehead atoms. The van der Waals surface area contributed by atoms with E-state index in [4.69, 9.17) is 23.2 Å². The molecule has 0 aliphatic rings. The van der Waals surface area contributed by atoms with Crippen molar-refractivity contribution in [2.75, 3.05) is 0 Å². The summed E-state index contributed by atoms with van der Waals surface area (Å²) in [7, 11) is 0. The van der Waals surface area contributed by atoms with Gasteiger partial charge in [0.1, 0.15) is 11.0 Å². The number of nitrogens with one attached hydrogen (secondary N) is 1. The van der Waals surface area contributed by atoms with Gasteiger partial charge in [0.25, 0.3) is 5.56 Å². The van der Waals surface area contributed by atoms with Crippen molar-refractivity contribution in [2.24, 2.45) is 0 Å². The van der Waals surface area contributed by atoms with Gasteiger partial charge in [-0.15, -0.1) is 0 Å². The van der Waals surface area contributed by atoms with Gasteiger partial charge in [0.05, 0.1) is 16.3 Å². The fourth-order valence-electron chi connectivity index (χ4n) is 1.89. The van der Waals surface area contributed by atoms with E-state index < -0.39 is 17.1 Å². The summed E-state index contributed by atoms with van der Waals surface area (Å²) in [5, 5.41) is -0.00120. The molecule has 1 heterocycles. The van der Waals surface area contributed by atoms with Gasteiger partial charge in [0.15, 0.2) is 0 Å². The summed E-state index contributed by atoms with van der Waals surface area (Å²) in [6.45, 7) is 1.89. The van der Waals surface area contributed by atoms with E-state index in [0.29, 0.717) is 18.4 Å². The van der Waals surface area contributed by atoms with Crippen molar-refractivity contribution in [1.82, 2.24) is 9.55 Å². The van der Waals surface area contributed by atoms with E-state index in [9.17, 15) is 14.0 Å². The highest BCUT2D eigenvalue weighted by molar-refractivity contribution is 6.32. The van der Waals surface area contributed by atoms with Gasteiger partial charge in [0, 0.05) is 0 Å². The Kier molecular flexibility index (Phi) is 4.30. The first-order valence-corrected chi connectivity index (χ1v) is 6.70. The summed E-state index contributed by atoms with van der Waals surface area (Å²) in [4.78, 5) is 26.7. The Balaban J connectivity index is 2.77. The van der Waals surface area contributed by atoms with Crippen LogP contribution in [0.5, 0.6) is 0 Å². The van der Waals surface area contributed by atoms with Crippen LogP contribution in [0.15, 0.2) is 27.8 Å². The van der Waals surface area contributed by atoms with Crippen LogP contribution in [-0.4, -0.2) is 9.55 Å². The zero-order valence-electron chi connectivity index (χ0n) is 10.5. The third kappa shape index (κ3) is 2.64. The molecule has 0 saturated carbocycles. The molecule has 4 nitrogen and oxygen atoms in total. The lowest BCUT2D eigenvalue weighted by Gasteiger charge is -2.10. The van der Waals surface area contributed by atoms with Crippen molar-refractivity contribution in [3.8, 4) is 5.69 Å². The molecule has 1 aromatic heterocycles. The largest absolute Gasteiger partial charge is 0.334 e. The average molecular weight is 317 g/mol. The van der Waals surface area contributed by atoms with Gasteiger partial charge in [-0.25, -0.2) is 13.8 Å². The highest BCUT2D eigenvalue weighted by atomic mass is 35.5. The fraction of sp³-hybridized carbons (Fsp3) is 0.231. The number of nitrogens with zero attached hydrogens (tertiary/aromatic N) is 1. The number of rotatable bonds is 3. The molecule has 2 aromatic rings. The van der Waals surface area contributed by atoms with E-state index in [0.717, 1.165) is 16.7 Å². The summed E-state index contributed by atoms with van der Waals surface area (Å²) in [5.41, 5.74) is -0.843. The predicted octanol–water partition coefficient (Wildman–Crippen LogP) is 2.92. The van der Waals surface area contributed by atoms with Gasteiger partial charge in [-0.3, -0.25) is 9.78 Å². The first-order valence-electron chi connectivity index (χ1n) is 5.94. The molecule has 0 fully saturated rings. The van der Waals surface area contributed by atoms with Gasteiger partial charge >= 0.3 is 5.69 Å². The maximum atomic E-state index is 13.0. The fourth-order valence-corrected chi connectivity index (χ4v) is 2.40. The van der Waals surface area contributed by atoms with Crippen LogP contribution in [0.1, 0.15) is 18.9 Å². The maximum absolute atomic E-state index is 13.0. The first kappa shape index (κ1) is 14.8. The number of aromatic amines is 1. The molecular weight excluding hydrogens is 306 g/mol. The standard InChI is InChI=1S/C13H11Cl2FN2O2/c1-2-3-8-11(15)17-13(20)18(12(8)19)10-5-4-7(16)6-9(10)14/h4-6H,2-3H2,1H3,(H,17,20). The lowest BCUT2D eigenvalue weighted by atomic mass is 10.2. The summed E-state index contributed by atoms with van der Waals surface area (Å²) >= 11 is 11.8. The molecule has 0 aliphatic carbocycles. The summed E-state index contributed by atoms with van der Waals surface area (Å²) in [5.74, 6) is -0.550. The monoisotopic (exact) mass is 316 g/mol. The quantitative estimate of drug-likeness (QED) is 0.885. The molecule has 20 heavy (non-hydrogen) atoms. The van der Waals surface area contributed by atoms with Crippen molar-refractivity contribution in [2.45, 2.75) is 19.8 Å². The third-order valence-corrected chi connectivity index (χ3v) is 3.42. The molecular formula is C13H11Cl2FN2O2. The zero-order chi connectivity index (χ0) is 14.9. The molecule has 0 atom stereocenters. The van der Waals surface area contributed by atoms with Crippen LogP contribution in [0.4, 0.5) is 4.39 Å². The van der Waals surface area contributed by atoms with E-state index in [2.05, 4.69) is 4.98 Å². The van der Waals surface area contributed by atoms with Crippen molar-refractivity contribution in [3.63, 3.8) is 0 Å². The van der Waals surface area contributed by atoms with Crippen LogP contribution >= 0.6 is 23.2 Å². The first-order chi connectivity index (χ1) is 9.45. The second-order valence-corrected chi connectivity index (χ2v) is 4.99. The molecule has 0 saturated heterocycles. The molecule has 0 aliphatic heterocycles. The average Bonchev–Trinajstić information content (AvgIpc) is 2.37. The molecule has 0 unspecified atom stereocenters. The van der Waals surface area contributed by atoms with Gasteiger partial charge < -0.3 is 0 Å². The predicted molar refractivity (Wildman–Crippen MR) is 76.6 cm³/mol. The summed E-state index contributed by atoms with van der Waals surface area (Å²) < 4.78 is 13.9. The van der Waals surface area contributed by atoms with Gasteiger partial charge in [-0.05, 0) is 24.6 Å². The van der Waals surface area contributed by atoms with Gasteiger partial charge in [-0.2, -0.15) is 0 Å². The number of hydrogen-bond acceptors (Lipinski definition) is 2. The third-order valence-electron chi connectivity index (χ3n) is 2.80. The van der Waals surface area contributed by atoms with Crippen molar-refractivity contribution in [3.05, 3.63) is 60.6 Å². The van der Waals surface area contributed by atoms with Crippen molar-refractivity contribution >= 4 is 23.2 Å². The van der Waals surface area contributed by atoms with E-state index in [-0.39, 0.29) is 15.9 Å². The van der Waals surface area contributed by atoms with E-state index in [1.165, 1.54) is 6.07 Å². The molecule has 106 valence electrons. The highest BCUT2D eigenvalue weighted by Gasteiger charge is 2.15. The minimum Gasteiger partial charge on any atom is -0.297 e. The number of aromatic nitrogens is 2. The molecule has 1 aromatic carbocycles. The summed E-state index contributed by atoms with van der Waals surface area (Å²) in [6.07, 6.45) is 1.12. The molecule has 1 N–H and O–H groups in total. The van der Waals surface area contributed by atoms with Crippen LogP contribution in [0, 0.1) is 5.82 Å². The Labute approximate surface area is 123 Å². The van der Waals surface area contributed by atoms with Crippen LogP contribution in [0.3, 0.4) is 0 Å². The van der Waals surface area contributed by atoms with Crippen molar-refractivity contribution < 1.29 is 4.39 Å². The number of H-pyrrole nitrogens is 1. The maximum Gasteiger partial charge on any atom is 0.334 e. The van der Waals surface area contributed by atoms with Gasteiger partial charge in [-0.1, -0.05) is 36.5 Å². The lowest BCUT2D eigenvalue weighted by molar-refractivity contribution is 0.627. The smallest absolute Gasteiger partial charge is 0.297 e. The Morgan fingerprint density at radius 2 is 2.00 bits per heavy atom. The molecule has 2 rings (SSSR count). The zero-order valence-corrected chi connectivity index (χ0v) is 12.1. The number of halogens is 3. The topological polar surface area (TPSA) is 54.9 Å². The van der Waals surface area contributed by atoms with E-state index in [1.54, 1.807) is 0 Å². The molecule has 0 amide bonds. The van der Waals surface area contributed by atoms with Gasteiger partial charge in [0.2, 0.25) is 0 Å². The van der Waals surface area contributed by atoms with Crippen molar-refractivity contribution in [1.29, 1.82) is 0 Å². The van der Waals surface area contributed by atoms with Crippen LogP contribution in [0.2, 0.25) is 10.2 Å². The van der Waals surface area contributed by atoms with Crippen LogP contribution in [-0.2, 0) is 6.42 Å². The second-order valence-electron chi connectivity index (χ2n) is 4.21. The SMILES string of the molecule is CCCc1c(Cl)[nH]c(=O)n(-c2ccc(F)cc2Cl)c1=O. The number of hydrogen-bond donors (Lipinski definition) is 1. The normalized spacial score (nSPS) is 10.8. The minimum absolute atomic E-state index is 0.0244. The Hall–Kier alpha value is -1.59. The number of benzene rings is 1. The molecule has 7 heteroatoms. The second kappa shape index (κ2) is 5.81. The summed E-state index contributed by atoms with van der Waals surface area (Å²) in [6, 6.07) is 3.44. The Morgan fingerprint density at radius 1 is 1.30 bits per heavy atom. The highest BCUT2D eigenvalue weighted by Crippen LogP contribution is 2.19. The van der Waals surface area contributed by atoms with E-state index >= 15 is 0 Å². The van der Waals surface area contributed by atoms with Crippen LogP contribution in [0.25, 0.3) is 5.69 Å². The Morgan fingerprint density at radius 3 is 2.60 bits per heavy atom.